The summed E-state index contributed by atoms with van der Waals surface area (Å²) in [6.45, 7) is 0. The Kier molecular flexibility index (Phi) is 1.63. The molecule has 0 aromatic heterocycles. The van der Waals surface area contributed by atoms with Gasteiger partial charge in [0.1, 0.15) is 5.76 Å². The normalized spacial score (nSPS) is 16.8. The van der Waals surface area contributed by atoms with Gasteiger partial charge < -0.3 is 10.6 Å². The van der Waals surface area contributed by atoms with Crippen molar-refractivity contribution in [3.63, 3.8) is 0 Å². The van der Waals surface area contributed by atoms with E-state index in [0.717, 1.165) is 0 Å². The summed E-state index contributed by atoms with van der Waals surface area (Å²) in [6.07, 6.45) is 1.47. The van der Waals surface area contributed by atoms with Crippen LogP contribution >= 0.6 is 0 Å². The molecular formula is C6N2O4. The molecule has 0 aromatic rings. The van der Waals surface area contributed by atoms with Gasteiger partial charge in [0.2, 0.25) is 0 Å². The van der Waals surface area contributed by atoms with Gasteiger partial charge in [-0.05, 0) is 0 Å². The molecule has 0 unspecified atom stereocenters. The smallest absolute Gasteiger partial charge is 0.518 e. The minimum absolute atomic E-state index is 1.05. The van der Waals surface area contributed by atoms with Crippen LogP contribution in [0.1, 0.15) is 0 Å². The summed E-state index contributed by atoms with van der Waals surface area (Å²) in [5.41, 5.74) is 7.03. The highest BCUT2D eigenvalue weighted by molar-refractivity contribution is 6.82. The number of rotatable bonds is 0. The number of ketones is 3. The molecular weight excluding hydrogens is 164 g/mol. The standard InChI is InChI=1S/C6N2O4/c7-8-4-5(11)2(9)1-3(10)6(4)12. The zero-order valence-electron chi connectivity index (χ0n) is 5.53. The van der Waals surface area contributed by atoms with Gasteiger partial charge in [-0.25, -0.2) is 9.59 Å². The fraction of sp³-hybridized carbons (Fsp3) is 0. The first kappa shape index (κ1) is 7.94. The predicted octanol–water partition coefficient (Wildman–Crippen LogP) is -2.57. The Morgan fingerprint density at radius 2 is 1.83 bits per heavy atom. The van der Waals surface area contributed by atoms with Crippen molar-refractivity contribution < 1.29 is 24.3 Å². The topological polar surface area (TPSA) is 111 Å². The van der Waals surface area contributed by atoms with Crippen LogP contribution in [0.3, 0.4) is 0 Å². The molecule has 0 spiro atoms. The van der Waals surface area contributed by atoms with Crippen molar-refractivity contribution in [3.05, 3.63) is 17.4 Å². The van der Waals surface area contributed by atoms with Crippen LogP contribution in [-0.4, -0.2) is 27.9 Å². The van der Waals surface area contributed by atoms with Crippen LogP contribution in [-0.2, 0) is 14.4 Å². The first-order valence-electron chi connectivity index (χ1n) is 2.74. The Morgan fingerprint density at radius 3 is 2.33 bits per heavy atom. The highest BCUT2D eigenvalue weighted by Gasteiger charge is 2.49. The molecule has 6 nitrogen and oxygen atoms in total. The van der Waals surface area contributed by atoms with Crippen molar-refractivity contribution in [1.82, 2.24) is 0 Å². The van der Waals surface area contributed by atoms with Crippen LogP contribution in [0.5, 0.6) is 0 Å². The highest BCUT2D eigenvalue weighted by atomic mass is 16.3. The lowest BCUT2D eigenvalue weighted by Crippen LogP contribution is -2.40. The molecule has 0 atom stereocenters. The van der Waals surface area contributed by atoms with Crippen molar-refractivity contribution in [2.24, 2.45) is 0 Å². The van der Waals surface area contributed by atoms with E-state index in [1.54, 1.807) is 0 Å². The average molecular weight is 164 g/mol. The van der Waals surface area contributed by atoms with E-state index >= 15 is 0 Å². The highest BCUT2D eigenvalue weighted by Crippen LogP contribution is 1.98. The van der Waals surface area contributed by atoms with Crippen LogP contribution in [0.4, 0.5) is 0 Å². The van der Waals surface area contributed by atoms with Crippen LogP contribution in [0.15, 0.2) is 5.76 Å². The number of Topliss-reactive ketones (excluding diaryl/α,β-unsaturated/α-hetero) is 3. The minimum atomic E-state index is -1.32. The third kappa shape index (κ3) is 0.932. The molecule has 0 bridgehead atoms. The molecule has 0 N–H and O–H groups in total. The Bertz CT molecular complexity index is 373. The van der Waals surface area contributed by atoms with Crippen LogP contribution in [0.25, 0.3) is 5.53 Å². The summed E-state index contributed by atoms with van der Waals surface area (Å²) in [4.78, 5) is 34.0. The number of hydrogen-bond acceptors (Lipinski definition) is 4. The Labute approximate surface area is 65.7 Å². The van der Waals surface area contributed by atoms with Gasteiger partial charge in [0.15, 0.2) is 0 Å². The van der Waals surface area contributed by atoms with Crippen molar-refractivity contribution in [3.8, 4) is 0 Å². The molecule has 0 saturated heterocycles. The Morgan fingerprint density at radius 1 is 1.25 bits per heavy atom. The predicted molar refractivity (Wildman–Crippen MR) is 30.4 cm³/mol. The lowest BCUT2D eigenvalue weighted by atomic mass is 10.0. The van der Waals surface area contributed by atoms with E-state index < -0.39 is 28.8 Å². The van der Waals surface area contributed by atoms with Crippen molar-refractivity contribution in [1.29, 1.82) is 0 Å². The molecule has 0 saturated carbocycles. The fourth-order valence-electron chi connectivity index (χ4n) is 0.626. The first-order valence-corrected chi connectivity index (χ1v) is 2.74. The van der Waals surface area contributed by atoms with Gasteiger partial charge in [-0.2, -0.15) is 4.79 Å². The van der Waals surface area contributed by atoms with Crippen LogP contribution < -0.4 is 5.11 Å². The SMILES string of the molecule is [N-]=[N+]=C1C(=O)C(=O)[C+]=C([O-])C1=O. The van der Waals surface area contributed by atoms with Gasteiger partial charge in [-0.1, -0.05) is 0 Å². The molecule has 0 amide bonds. The summed E-state index contributed by atoms with van der Waals surface area (Å²) in [7, 11) is 0. The molecule has 1 aliphatic rings. The van der Waals surface area contributed by atoms with Gasteiger partial charge in [0.25, 0.3) is 0 Å². The molecule has 1 aliphatic carbocycles. The van der Waals surface area contributed by atoms with E-state index in [0.29, 0.717) is 0 Å². The first-order chi connectivity index (χ1) is 5.57. The van der Waals surface area contributed by atoms with E-state index in [4.69, 9.17) is 5.53 Å². The van der Waals surface area contributed by atoms with Crippen LogP contribution in [0, 0.1) is 6.08 Å². The number of allylic oxidation sites excluding steroid dienone is 2. The van der Waals surface area contributed by atoms with Gasteiger partial charge >= 0.3 is 23.1 Å². The molecule has 0 aromatic carbocycles. The summed E-state index contributed by atoms with van der Waals surface area (Å²) in [5.74, 6) is -5.18. The maximum absolute atomic E-state index is 10.6. The summed E-state index contributed by atoms with van der Waals surface area (Å²) in [6, 6.07) is 0. The quantitative estimate of drug-likeness (QED) is 0.169. The van der Waals surface area contributed by atoms with Crippen molar-refractivity contribution in [2.45, 2.75) is 0 Å². The van der Waals surface area contributed by atoms with Gasteiger partial charge in [0, 0.05) is 0 Å². The molecule has 1 rings (SSSR count). The Balaban J connectivity index is 3.36. The molecule has 58 valence electrons. The molecule has 0 aliphatic heterocycles. The van der Waals surface area contributed by atoms with Crippen molar-refractivity contribution >= 4 is 23.1 Å². The van der Waals surface area contributed by atoms with E-state index in [2.05, 4.69) is 4.79 Å². The van der Waals surface area contributed by atoms with Gasteiger partial charge in [0.05, 0.1) is 6.08 Å². The second-order valence-electron chi connectivity index (χ2n) is 1.89. The van der Waals surface area contributed by atoms with E-state index in [1.165, 1.54) is 6.08 Å². The molecule has 0 heterocycles. The zero-order chi connectivity index (χ0) is 9.30. The monoisotopic (exact) mass is 164 g/mol. The third-order valence-corrected chi connectivity index (χ3v) is 1.17. The van der Waals surface area contributed by atoms with Gasteiger partial charge in [-0.15, -0.1) is 4.79 Å². The van der Waals surface area contributed by atoms with Crippen molar-refractivity contribution in [2.75, 3.05) is 0 Å². The van der Waals surface area contributed by atoms with Crippen LogP contribution in [0.2, 0.25) is 0 Å². The van der Waals surface area contributed by atoms with E-state index in [-0.39, 0.29) is 0 Å². The summed E-state index contributed by atoms with van der Waals surface area (Å²) < 4.78 is 0. The fourth-order valence-corrected chi connectivity index (χ4v) is 0.626. The Hall–Kier alpha value is -2.16. The molecule has 6 heteroatoms. The number of nitrogens with zero attached hydrogens (tertiary/aromatic N) is 2. The third-order valence-electron chi connectivity index (χ3n) is 1.17. The maximum Gasteiger partial charge on any atom is 0.518 e. The molecule has 12 heavy (non-hydrogen) atoms. The number of carbonyl (C=O) groups excluding carboxylic acids is 3. The summed E-state index contributed by atoms with van der Waals surface area (Å²) >= 11 is 0. The lowest BCUT2D eigenvalue weighted by Gasteiger charge is -1.97. The molecule has 0 fully saturated rings. The largest absolute Gasteiger partial charge is 0.842 e. The average Bonchev–Trinajstić information content (AvgIpc) is 2.02. The van der Waals surface area contributed by atoms with Gasteiger partial charge in [-0.3, -0.25) is 0 Å². The lowest BCUT2D eigenvalue weighted by molar-refractivity contribution is -0.298. The zero-order valence-corrected chi connectivity index (χ0v) is 5.53. The minimum Gasteiger partial charge on any atom is -0.842 e. The second kappa shape index (κ2) is 2.47. The van der Waals surface area contributed by atoms with E-state index in [9.17, 15) is 19.5 Å². The second-order valence-corrected chi connectivity index (χ2v) is 1.89. The number of hydrogen-bond donors (Lipinski definition) is 0. The van der Waals surface area contributed by atoms with E-state index in [1.807, 2.05) is 0 Å². The number of carbonyl (C=O) groups is 3. The maximum atomic E-state index is 10.6. The summed E-state index contributed by atoms with van der Waals surface area (Å²) in [5, 5.41) is 10.5. The molecule has 0 radical (unpaired) electrons.